The van der Waals surface area contributed by atoms with Crippen LogP contribution in [0.25, 0.3) is 0 Å². The van der Waals surface area contributed by atoms with Gasteiger partial charge in [0.1, 0.15) is 0 Å². The van der Waals surface area contributed by atoms with Gasteiger partial charge in [0, 0.05) is 25.7 Å². The first kappa shape index (κ1) is 24.6. The van der Waals surface area contributed by atoms with Gasteiger partial charge in [-0.1, -0.05) is 12.8 Å². The molecule has 2 saturated carbocycles. The molecule has 0 aromatic rings. The van der Waals surface area contributed by atoms with Crippen molar-refractivity contribution in [2.24, 2.45) is 5.92 Å². The Balaban J connectivity index is 0.00000280. The first-order chi connectivity index (χ1) is 13.2. The second-order valence-electron chi connectivity index (χ2n) is 8.31. The van der Waals surface area contributed by atoms with Gasteiger partial charge in [-0.15, -0.1) is 0 Å². The van der Waals surface area contributed by atoms with Crippen LogP contribution in [0.1, 0.15) is 64.7 Å². The van der Waals surface area contributed by atoms with Gasteiger partial charge in [-0.2, -0.15) is 0 Å². The molecular weight excluding hydrogens is 369 g/mol. The van der Waals surface area contributed by atoms with Gasteiger partial charge in [-0.3, -0.25) is 4.90 Å². The molecule has 0 amide bonds. The Morgan fingerprint density at radius 3 is 2.64 bits per heavy atom. The molecule has 3 aliphatic rings. The van der Waals surface area contributed by atoms with Gasteiger partial charge in [0.15, 0.2) is 0 Å². The molecule has 0 aromatic carbocycles. The van der Waals surface area contributed by atoms with Crippen LogP contribution in [0.5, 0.6) is 0 Å². The number of carboxylic acids is 1. The minimum Gasteiger partial charge on any atom is -0.547 e. The Hall–Kier alpha value is 0.310. The summed E-state index contributed by atoms with van der Waals surface area (Å²) in [6.07, 6.45) is 9.72. The van der Waals surface area contributed by atoms with Gasteiger partial charge < -0.3 is 24.1 Å². The van der Waals surface area contributed by atoms with E-state index in [1.165, 1.54) is 25.7 Å². The predicted octanol–water partition coefficient (Wildman–Crippen LogP) is -1.25. The van der Waals surface area contributed by atoms with Crippen molar-refractivity contribution < 1.29 is 53.7 Å². The number of carbonyl (C=O) groups is 1. The van der Waals surface area contributed by atoms with Crippen molar-refractivity contribution in [2.75, 3.05) is 32.9 Å². The molecule has 0 spiro atoms. The van der Waals surface area contributed by atoms with E-state index in [1.807, 2.05) is 6.92 Å². The number of carbonyl (C=O) groups excluding carboxylic acids is 1. The van der Waals surface area contributed by atoms with Gasteiger partial charge >= 0.3 is 29.6 Å². The Kier molecular flexibility index (Phi) is 11.3. The summed E-state index contributed by atoms with van der Waals surface area (Å²) in [7, 11) is 0. The molecule has 6 nitrogen and oxygen atoms in total. The van der Waals surface area contributed by atoms with Crippen molar-refractivity contribution in [3.8, 4) is 0 Å². The molecule has 3 atom stereocenters. The molecule has 0 N–H and O–H groups in total. The molecule has 7 heteroatoms. The third-order valence-corrected chi connectivity index (χ3v) is 6.55. The van der Waals surface area contributed by atoms with Crippen molar-refractivity contribution in [1.29, 1.82) is 0 Å². The number of fused-ring (bicyclic) bond motifs is 1. The summed E-state index contributed by atoms with van der Waals surface area (Å²) < 4.78 is 17.4. The molecule has 1 saturated heterocycles. The zero-order valence-electron chi connectivity index (χ0n) is 17.8. The van der Waals surface area contributed by atoms with Crippen LogP contribution in [0.4, 0.5) is 0 Å². The van der Waals surface area contributed by atoms with E-state index in [9.17, 15) is 9.90 Å². The first-order valence-electron chi connectivity index (χ1n) is 11.0. The van der Waals surface area contributed by atoms with E-state index in [4.69, 9.17) is 14.2 Å². The van der Waals surface area contributed by atoms with Crippen LogP contribution in [0.15, 0.2) is 0 Å². The van der Waals surface area contributed by atoms with E-state index in [0.29, 0.717) is 37.2 Å². The number of aliphatic carboxylic acids is 1. The summed E-state index contributed by atoms with van der Waals surface area (Å²) >= 11 is 0. The van der Waals surface area contributed by atoms with Crippen LogP contribution in [-0.4, -0.2) is 68.1 Å². The molecule has 3 unspecified atom stereocenters. The van der Waals surface area contributed by atoms with Crippen LogP contribution in [-0.2, 0) is 19.0 Å². The van der Waals surface area contributed by atoms with Crippen molar-refractivity contribution in [3.63, 3.8) is 0 Å². The van der Waals surface area contributed by atoms with Gasteiger partial charge in [-0.25, -0.2) is 0 Å². The van der Waals surface area contributed by atoms with Crippen molar-refractivity contribution >= 4 is 5.97 Å². The molecule has 1 aliphatic heterocycles. The first-order valence-corrected chi connectivity index (χ1v) is 11.0. The maximum absolute atomic E-state index is 11.1. The van der Waals surface area contributed by atoms with E-state index >= 15 is 0 Å². The molecule has 1 heterocycles. The molecule has 156 valence electrons. The van der Waals surface area contributed by atoms with E-state index in [2.05, 4.69) is 4.90 Å². The topological polar surface area (TPSA) is 71.1 Å². The largest absolute Gasteiger partial charge is 1.00 e. The summed E-state index contributed by atoms with van der Waals surface area (Å²) in [6, 6.07) is 0.590. The van der Waals surface area contributed by atoms with Crippen LogP contribution >= 0.6 is 0 Å². The van der Waals surface area contributed by atoms with Crippen LogP contribution in [0.2, 0.25) is 0 Å². The SMILES string of the molecule is CCOC(CC1CCC(OCCN2CCOC3CCCCC32)CC1)C(=O)[O-].[Na+]. The Labute approximate surface area is 191 Å². The minimum absolute atomic E-state index is 0. The number of hydrogen-bond donors (Lipinski definition) is 0. The van der Waals surface area contributed by atoms with Crippen molar-refractivity contribution in [2.45, 2.75) is 89.1 Å². The van der Waals surface area contributed by atoms with Gasteiger partial charge in [0.25, 0.3) is 0 Å². The average Bonchev–Trinajstić information content (AvgIpc) is 2.69. The number of nitrogens with zero attached hydrogens (tertiary/aromatic N) is 1. The molecular formula is C21H36NNaO5. The molecule has 0 radical (unpaired) electrons. The quantitative estimate of drug-likeness (QED) is 0.447. The molecule has 0 aromatic heterocycles. The number of carboxylic acid groups (broad SMARTS) is 1. The summed E-state index contributed by atoms with van der Waals surface area (Å²) in [5.74, 6) is -0.678. The molecule has 0 bridgehead atoms. The zero-order chi connectivity index (χ0) is 19.1. The van der Waals surface area contributed by atoms with E-state index < -0.39 is 12.1 Å². The minimum atomic E-state index is -1.08. The van der Waals surface area contributed by atoms with E-state index in [1.54, 1.807) is 0 Å². The predicted molar refractivity (Wildman–Crippen MR) is 100 cm³/mol. The average molecular weight is 406 g/mol. The number of ether oxygens (including phenoxy) is 3. The number of morpholine rings is 1. The van der Waals surface area contributed by atoms with Crippen molar-refractivity contribution in [1.82, 2.24) is 4.90 Å². The summed E-state index contributed by atoms with van der Waals surface area (Å²) in [5.41, 5.74) is 0. The normalized spacial score (nSPS) is 32.2. The molecule has 2 aliphatic carbocycles. The molecule has 28 heavy (non-hydrogen) atoms. The fourth-order valence-corrected chi connectivity index (χ4v) is 5.06. The van der Waals surface area contributed by atoms with E-state index in [-0.39, 0.29) is 29.6 Å². The fraction of sp³-hybridized carbons (Fsp3) is 0.952. The van der Waals surface area contributed by atoms with Gasteiger partial charge in [-0.05, 0) is 57.8 Å². The Morgan fingerprint density at radius 2 is 1.93 bits per heavy atom. The third kappa shape index (κ3) is 7.22. The summed E-state index contributed by atoms with van der Waals surface area (Å²) in [5, 5.41) is 11.1. The maximum atomic E-state index is 11.1. The third-order valence-electron chi connectivity index (χ3n) is 6.55. The second kappa shape index (κ2) is 12.9. The standard InChI is InChI=1S/C21H37NO5.Na/c1-2-25-20(21(23)24)15-16-7-9-17(10-8-16)26-13-11-22-12-14-27-19-6-4-3-5-18(19)22;/h16-20H,2-15H2,1H3,(H,23,24);/q;+1/p-1. The summed E-state index contributed by atoms with van der Waals surface area (Å²) in [4.78, 5) is 13.7. The monoisotopic (exact) mass is 405 g/mol. The molecule has 3 rings (SSSR count). The Bertz CT molecular complexity index is 456. The second-order valence-corrected chi connectivity index (χ2v) is 8.31. The van der Waals surface area contributed by atoms with Crippen LogP contribution in [0, 0.1) is 5.92 Å². The van der Waals surface area contributed by atoms with Crippen LogP contribution < -0.4 is 34.7 Å². The number of rotatable bonds is 9. The smallest absolute Gasteiger partial charge is 0.547 e. The molecule has 3 fully saturated rings. The van der Waals surface area contributed by atoms with Gasteiger partial charge in [0.05, 0.1) is 37.5 Å². The maximum Gasteiger partial charge on any atom is 1.00 e. The zero-order valence-corrected chi connectivity index (χ0v) is 19.8. The van der Waals surface area contributed by atoms with Crippen molar-refractivity contribution in [3.05, 3.63) is 0 Å². The summed E-state index contributed by atoms with van der Waals surface area (Å²) in [6.45, 7) is 5.91. The Morgan fingerprint density at radius 1 is 1.18 bits per heavy atom. The van der Waals surface area contributed by atoms with E-state index in [0.717, 1.165) is 52.0 Å². The van der Waals surface area contributed by atoms with Crippen LogP contribution in [0.3, 0.4) is 0 Å². The number of hydrogen-bond acceptors (Lipinski definition) is 6. The van der Waals surface area contributed by atoms with Gasteiger partial charge in [0.2, 0.25) is 0 Å². The fourth-order valence-electron chi connectivity index (χ4n) is 5.06.